The van der Waals surface area contributed by atoms with Gasteiger partial charge in [-0.05, 0) is 27.2 Å². The van der Waals surface area contributed by atoms with Crippen LogP contribution in [0.15, 0.2) is 0 Å². The maximum Gasteiger partial charge on any atom is 0.410 e. The molecule has 2 aliphatic heterocycles. The van der Waals surface area contributed by atoms with Gasteiger partial charge in [0.25, 0.3) is 0 Å². The lowest BCUT2D eigenvalue weighted by molar-refractivity contribution is -0.00116. The van der Waals surface area contributed by atoms with Crippen molar-refractivity contribution < 1.29 is 19.4 Å². The van der Waals surface area contributed by atoms with Gasteiger partial charge in [0.15, 0.2) is 0 Å². The largest absolute Gasteiger partial charge is 0.444 e. The Bertz CT molecular complexity index is 312. The van der Waals surface area contributed by atoms with E-state index in [1.54, 1.807) is 4.90 Å². The van der Waals surface area contributed by atoms with E-state index in [4.69, 9.17) is 9.47 Å². The Labute approximate surface area is 102 Å². The molecule has 2 aliphatic rings. The molecule has 2 rings (SSSR count). The number of ether oxygens (including phenoxy) is 2. The summed E-state index contributed by atoms with van der Waals surface area (Å²) in [6.45, 7) is 7.11. The van der Waals surface area contributed by atoms with Gasteiger partial charge in [0.2, 0.25) is 0 Å². The summed E-state index contributed by atoms with van der Waals surface area (Å²) in [5.41, 5.74) is -0.806. The molecular formula is C12H21NO4. The molecule has 2 fully saturated rings. The van der Waals surface area contributed by atoms with Gasteiger partial charge in [0, 0.05) is 13.0 Å². The molecule has 0 unspecified atom stereocenters. The summed E-state index contributed by atoms with van der Waals surface area (Å²) >= 11 is 0. The highest BCUT2D eigenvalue weighted by atomic mass is 16.6. The van der Waals surface area contributed by atoms with E-state index in [1.165, 1.54) is 0 Å². The monoisotopic (exact) mass is 243 g/mol. The van der Waals surface area contributed by atoms with Crippen LogP contribution >= 0.6 is 0 Å². The van der Waals surface area contributed by atoms with Crippen LogP contribution < -0.4 is 0 Å². The van der Waals surface area contributed by atoms with Gasteiger partial charge in [-0.3, -0.25) is 0 Å². The summed E-state index contributed by atoms with van der Waals surface area (Å²) in [5.74, 6) is 0. The highest BCUT2D eigenvalue weighted by Crippen LogP contribution is 2.35. The second-order valence-electron chi connectivity index (χ2n) is 6.00. The number of aliphatic hydroxyl groups excluding tert-OH is 1. The van der Waals surface area contributed by atoms with E-state index in [-0.39, 0.29) is 11.7 Å². The quantitative estimate of drug-likeness (QED) is 0.693. The predicted molar refractivity (Wildman–Crippen MR) is 61.7 cm³/mol. The van der Waals surface area contributed by atoms with E-state index >= 15 is 0 Å². The van der Waals surface area contributed by atoms with Crippen molar-refractivity contribution in [3.63, 3.8) is 0 Å². The molecule has 1 N–H and O–H groups in total. The van der Waals surface area contributed by atoms with Gasteiger partial charge in [0.05, 0.1) is 24.9 Å². The Balaban J connectivity index is 1.92. The Hall–Kier alpha value is -0.810. The lowest BCUT2D eigenvalue weighted by Crippen LogP contribution is -2.39. The second kappa shape index (κ2) is 4.14. The normalized spacial score (nSPS) is 33.4. The molecule has 0 aromatic heterocycles. The maximum absolute atomic E-state index is 11.9. The van der Waals surface area contributed by atoms with Crippen molar-refractivity contribution in [1.82, 2.24) is 4.90 Å². The molecule has 0 radical (unpaired) electrons. The fourth-order valence-electron chi connectivity index (χ4n) is 2.43. The SMILES string of the molecule is CC(C)(C)OC(=O)N1CC[C@]2(C[C@H](O)CO2)C1. The molecule has 1 amide bonds. The number of rotatable bonds is 0. The molecule has 1 spiro atoms. The summed E-state index contributed by atoms with van der Waals surface area (Å²) in [6, 6.07) is 0. The highest BCUT2D eigenvalue weighted by molar-refractivity contribution is 5.68. The van der Waals surface area contributed by atoms with E-state index in [0.29, 0.717) is 26.1 Å². The smallest absolute Gasteiger partial charge is 0.410 e. The van der Waals surface area contributed by atoms with Gasteiger partial charge in [-0.2, -0.15) is 0 Å². The molecular weight excluding hydrogens is 222 g/mol. The lowest BCUT2D eigenvalue weighted by atomic mass is 9.98. The standard InChI is InChI=1S/C12H21NO4/c1-11(2,3)17-10(15)13-5-4-12(8-13)6-9(14)7-16-12/h9,14H,4-8H2,1-3H3/t9-,12-/m0/s1. The number of nitrogens with zero attached hydrogens (tertiary/aromatic N) is 1. The van der Waals surface area contributed by atoms with Crippen molar-refractivity contribution in [2.75, 3.05) is 19.7 Å². The first kappa shape index (κ1) is 12.6. The van der Waals surface area contributed by atoms with Crippen LogP contribution in [0.4, 0.5) is 4.79 Å². The number of aliphatic hydroxyl groups is 1. The first-order chi connectivity index (χ1) is 7.80. The number of likely N-dealkylation sites (tertiary alicyclic amines) is 1. The van der Waals surface area contributed by atoms with Crippen molar-refractivity contribution in [3.8, 4) is 0 Å². The molecule has 0 aromatic rings. The molecule has 2 atom stereocenters. The van der Waals surface area contributed by atoms with E-state index in [1.807, 2.05) is 20.8 Å². The molecule has 2 saturated heterocycles. The fraction of sp³-hybridized carbons (Fsp3) is 0.917. The Kier molecular flexibility index (Phi) is 3.08. The molecule has 98 valence electrons. The molecule has 0 bridgehead atoms. The van der Waals surface area contributed by atoms with Crippen LogP contribution in [0.5, 0.6) is 0 Å². The van der Waals surface area contributed by atoms with Crippen LogP contribution in [-0.2, 0) is 9.47 Å². The predicted octanol–water partition coefficient (Wildman–Crippen LogP) is 1.15. The molecule has 5 nitrogen and oxygen atoms in total. The lowest BCUT2D eigenvalue weighted by Gasteiger charge is -2.26. The summed E-state index contributed by atoms with van der Waals surface area (Å²) in [7, 11) is 0. The van der Waals surface area contributed by atoms with Gasteiger partial charge in [-0.25, -0.2) is 4.79 Å². The van der Waals surface area contributed by atoms with Gasteiger partial charge < -0.3 is 19.5 Å². The minimum Gasteiger partial charge on any atom is -0.444 e. The number of hydrogen-bond donors (Lipinski definition) is 1. The van der Waals surface area contributed by atoms with Crippen LogP contribution in [0.1, 0.15) is 33.6 Å². The zero-order chi connectivity index (χ0) is 12.7. The molecule has 5 heteroatoms. The number of carbonyl (C=O) groups excluding carboxylic acids is 1. The van der Waals surface area contributed by atoms with Crippen LogP contribution in [-0.4, -0.2) is 53.1 Å². The van der Waals surface area contributed by atoms with Crippen molar-refractivity contribution in [2.24, 2.45) is 0 Å². The van der Waals surface area contributed by atoms with Crippen LogP contribution in [0.2, 0.25) is 0 Å². The van der Waals surface area contributed by atoms with Crippen molar-refractivity contribution in [2.45, 2.75) is 50.9 Å². The van der Waals surface area contributed by atoms with Gasteiger partial charge in [0.1, 0.15) is 5.60 Å². The third kappa shape index (κ3) is 2.90. The van der Waals surface area contributed by atoms with E-state index in [2.05, 4.69) is 0 Å². The van der Waals surface area contributed by atoms with Gasteiger partial charge in [-0.15, -0.1) is 0 Å². The average Bonchev–Trinajstić information content (AvgIpc) is 2.72. The van der Waals surface area contributed by atoms with E-state index in [9.17, 15) is 9.90 Å². The zero-order valence-corrected chi connectivity index (χ0v) is 10.7. The molecule has 0 aliphatic carbocycles. The first-order valence-electron chi connectivity index (χ1n) is 6.10. The van der Waals surface area contributed by atoms with Crippen LogP contribution in [0.25, 0.3) is 0 Å². The minimum absolute atomic E-state index is 0.292. The Morgan fingerprint density at radius 1 is 1.53 bits per heavy atom. The van der Waals surface area contributed by atoms with Gasteiger partial charge in [-0.1, -0.05) is 0 Å². The molecule has 17 heavy (non-hydrogen) atoms. The Morgan fingerprint density at radius 3 is 2.76 bits per heavy atom. The van der Waals surface area contributed by atoms with E-state index < -0.39 is 11.7 Å². The maximum atomic E-state index is 11.9. The summed E-state index contributed by atoms with van der Waals surface area (Å²) in [5, 5.41) is 9.51. The molecule has 2 heterocycles. The molecule has 0 aromatic carbocycles. The second-order valence-corrected chi connectivity index (χ2v) is 6.00. The third-order valence-corrected chi connectivity index (χ3v) is 3.16. The molecule has 0 saturated carbocycles. The minimum atomic E-state index is -0.469. The summed E-state index contributed by atoms with van der Waals surface area (Å²) in [6.07, 6.45) is 0.711. The van der Waals surface area contributed by atoms with E-state index in [0.717, 1.165) is 6.42 Å². The number of amides is 1. The van der Waals surface area contributed by atoms with Gasteiger partial charge >= 0.3 is 6.09 Å². The topological polar surface area (TPSA) is 59.0 Å². The summed E-state index contributed by atoms with van der Waals surface area (Å²) in [4.78, 5) is 13.5. The number of hydrogen-bond acceptors (Lipinski definition) is 4. The van der Waals surface area contributed by atoms with Crippen molar-refractivity contribution >= 4 is 6.09 Å². The zero-order valence-electron chi connectivity index (χ0n) is 10.7. The fourth-order valence-corrected chi connectivity index (χ4v) is 2.43. The average molecular weight is 243 g/mol. The van der Waals surface area contributed by atoms with Crippen LogP contribution in [0.3, 0.4) is 0 Å². The van der Waals surface area contributed by atoms with Crippen LogP contribution in [0, 0.1) is 0 Å². The van der Waals surface area contributed by atoms with Crippen molar-refractivity contribution in [1.29, 1.82) is 0 Å². The highest BCUT2D eigenvalue weighted by Gasteiger charge is 2.47. The third-order valence-electron chi connectivity index (χ3n) is 3.16. The first-order valence-corrected chi connectivity index (χ1v) is 6.10. The number of carbonyl (C=O) groups is 1. The Morgan fingerprint density at radius 2 is 2.24 bits per heavy atom. The van der Waals surface area contributed by atoms with Crippen molar-refractivity contribution in [3.05, 3.63) is 0 Å². The summed E-state index contributed by atoms with van der Waals surface area (Å²) < 4.78 is 10.9.